The highest BCUT2D eigenvalue weighted by Gasteiger charge is 2.17. The van der Waals surface area contributed by atoms with Crippen molar-refractivity contribution in [2.75, 3.05) is 20.4 Å². The number of hydrogen-bond acceptors (Lipinski definition) is 2. The Morgan fingerprint density at radius 2 is 1.30 bits per heavy atom. The molecule has 2 nitrogen and oxygen atoms in total. The summed E-state index contributed by atoms with van der Waals surface area (Å²) in [5.74, 6) is 1.99. The van der Waals surface area contributed by atoms with Crippen molar-refractivity contribution in [2.24, 2.45) is 0 Å². The molecule has 0 saturated carbocycles. The number of methoxy groups -OCH3 is 2. The van der Waals surface area contributed by atoms with E-state index in [4.69, 9.17) is 9.47 Å². The van der Waals surface area contributed by atoms with Crippen molar-refractivity contribution in [1.29, 1.82) is 0 Å². The third-order valence-corrected chi connectivity index (χ3v) is 7.35. The molecule has 3 heteroatoms. The molecule has 3 rings (SSSR count). The van der Waals surface area contributed by atoms with Gasteiger partial charge in [-0.1, -0.05) is 66.7 Å². The zero-order chi connectivity index (χ0) is 18.9. The SMILES string of the molecule is COc1ccccc1CCCCP(c1ccccc1)c1ccccc1OC. The third-order valence-electron chi connectivity index (χ3n) is 4.71. The number of hydrogen-bond donors (Lipinski definition) is 0. The molecule has 0 fully saturated rings. The van der Waals surface area contributed by atoms with Crippen LogP contribution < -0.4 is 20.1 Å². The van der Waals surface area contributed by atoms with Crippen LogP contribution in [0.25, 0.3) is 0 Å². The zero-order valence-corrected chi connectivity index (χ0v) is 17.0. The number of unbranched alkanes of at least 4 members (excludes halogenated alkanes) is 1. The molecule has 0 saturated heterocycles. The van der Waals surface area contributed by atoms with E-state index in [1.165, 1.54) is 22.6 Å². The van der Waals surface area contributed by atoms with Crippen molar-refractivity contribution in [2.45, 2.75) is 19.3 Å². The fourth-order valence-corrected chi connectivity index (χ4v) is 5.89. The van der Waals surface area contributed by atoms with Crippen molar-refractivity contribution >= 4 is 18.5 Å². The minimum atomic E-state index is -0.426. The van der Waals surface area contributed by atoms with Gasteiger partial charge in [-0.15, -0.1) is 0 Å². The summed E-state index contributed by atoms with van der Waals surface area (Å²) >= 11 is 0. The van der Waals surface area contributed by atoms with Gasteiger partial charge in [0.05, 0.1) is 14.2 Å². The van der Waals surface area contributed by atoms with Crippen LogP contribution in [0.3, 0.4) is 0 Å². The molecule has 0 N–H and O–H groups in total. The molecule has 0 aliphatic heterocycles. The second-order valence-corrected chi connectivity index (χ2v) is 8.73. The van der Waals surface area contributed by atoms with Gasteiger partial charge in [-0.25, -0.2) is 0 Å². The first-order valence-corrected chi connectivity index (χ1v) is 10.9. The molecule has 0 heterocycles. The minimum absolute atomic E-state index is 0.426. The second-order valence-electron chi connectivity index (χ2n) is 6.43. The van der Waals surface area contributed by atoms with E-state index >= 15 is 0 Å². The normalized spacial score (nSPS) is 11.8. The lowest BCUT2D eigenvalue weighted by Gasteiger charge is -2.21. The lowest BCUT2D eigenvalue weighted by Crippen LogP contribution is -2.16. The number of aryl methyl sites for hydroxylation is 1. The van der Waals surface area contributed by atoms with Gasteiger partial charge < -0.3 is 9.47 Å². The molecule has 0 amide bonds. The molecular formula is C24H27O2P. The van der Waals surface area contributed by atoms with Crippen LogP contribution in [-0.2, 0) is 6.42 Å². The molecule has 1 atom stereocenters. The number of ether oxygens (including phenoxy) is 2. The summed E-state index contributed by atoms with van der Waals surface area (Å²) in [4.78, 5) is 0. The molecule has 140 valence electrons. The molecule has 3 aromatic carbocycles. The fraction of sp³-hybridized carbons (Fsp3) is 0.250. The van der Waals surface area contributed by atoms with Crippen molar-refractivity contribution in [3.8, 4) is 11.5 Å². The largest absolute Gasteiger partial charge is 0.496 e. The molecule has 27 heavy (non-hydrogen) atoms. The summed E-state index contributed by atoms with van der Waals surface area (Å²) in [6, 6.07) is 27.6. The Kier molecular flexibility index (Phi) is 7.30. The monoisotopic (exact) mass is 378 g/mol. The van der Waals surface area contributed by atoms with Gasteiger partial charge in [0, 0.05) is 5.30 Å². The predicted molar refractivity (Wildman–Crippen MR) is 116 cm³/mol. The van der Waals surface area contributed by atoms with E-state index in [1.54, 1.807) is 14.2 Å². The number of benzene rings is 3. The highest BCUT2D eigenvalue weighted by atomic mass is 31.1. The van der Waals surface area contributed by atoms with Crippen molar-refractivity contribution in [1.82, 2.24) is 0 Å². The zero-order valence-electron chi connectivity index (χ0n) is 16.1. The average Bonchev–Trinajstić information content (AvgIpc) is 2.74. The Bertz CT molecular complexity index is 833. The maximum absolute atomic E-state index is 5.65. The smallest absolute Gasteiger partial charge is 0.126 e. The molecule has 0 spiro atoms. The summed E-state index contributed by atoms with van der Waals surface area (Å²) in [6.45, 7) is 0. The van der Waals surface area contributed by atoms with Crippen LogP contribution >= 0.6 is 7.92 Å². The first-order chi connectivity index (χ1) is 13.3. The Labute approximate surface area is 163 Å². The van der Waals surface area contributed by atoms with E-state index in [2.05, 4.69) is 60.7 Å². The fourth-order valence-electron chi connectivity index (χ4n) is 3.34. The number of rotatable bonds is 9. The standard InChI is InChI=1S/C24H27O2P/c1-25-22-16-7-6-12-20(22)13-10-11-19-27(21-14-4-3-5-15-21)24-18-9-8-17-23(24)26-2/h3-9,12,14-18H,10-11,13,19H2,1-2H3. The van der Waals surface area contributed by atoms with Gasteiger partial charge in [0.15, 0.2) is 0 Å². The quantitative estimate of drug-likeness (QED) is 0.378. The first kappa shape index (κ1) is 19.5. The van der Waals surface area contributed by atoms with E-state index in [1.807, 2.05) is 18.2 Å². The lowest BCUT2D eigenvalue weighted by molar-refractivity contribution is 0.409. The van der Waals surface area contributed by atoms with Crippen LogP contribution in [-0.4, -0.2) is 20.4 Å². The second kappa shape index (κ2) is 10.1. The summed E-state index contributed by atoms with van der Waals surface area (Å²) in [5, 5.41) is 2.74. The molecule has 3 aromatic rings. The molecule has 0 aliphatic rings. The third kappa shape index (κ3) is 5.11. The topological polar surface area (TPSA) is 18.5 Å². The van der Waals surface area contributed by atoms with E-state index < -0.39 is 7.92 Å². The van der Waals surface area contributed by atoms with Gasteiger partial charge in [0.2, 0.25) is 0 Å². The Morgan fingerprint density at radius 3 is 2.04 bits per heavy atom. The predicted octanol–water partition coefficient (Wildman–Crippen LogP) is 5.16. The Balaban J connectivity index is 1.71. The van der Waals surface area contributed by atoms with Crippen LogP contribution in [0.1, 0.15) is 18.4 Å². The average molecular weight is 378 g/mol. The van der Waals surface area contributed by atoms with Crippen LogP contribution in [0.2, 0.25) is 0 Å². The highest BCUT2D eigenvalue weighted by molar-refractivity contribution is 7.73. The highest BCUT2D eigenvalue weighted by Crippen LogP contribution is 2.38. The van der Waals surface area contributed by atoms with E-state index in [0.717, 1.165) is 30.5 Å². The van der Waals surface area contributed by atoms with Crippen LogP contribution in [0.5, 0.6) is 11.5 Å². The summed E-state index contributed by atoms with van der Waals surface area (Å²) in [7, 11) is 3.08. The van der Waals surface area contributed by atoms with Crippen LogP contribution in [0.4, 0.5) is 0 Å². The van der Waals surface area contributed by atoms with Gasteiger partial charge in [-0.2, -0.15) is 0 Å². The van der Waals surface area contributed by atoms with Gasteiger partial charge in [-0.05, 0) is 56.3 Å². The van der Waals surface area contributed by atoms with Gasteiger partial charge in [0.1, 0.15) is 11.5 Å². The number of para-hydroxylation sites is 2. The summed E-state index contributed by atoms with van der Waals surface area (Å²) in [5.41, 5.74) is 1.29. The van der Waals surface area contributed by atoms with Crippen molar-refractivity contribution < 1.29 is 9.47 Å². The van der Waals surface area contributed by atoms with Crippen molar-refractivity contribution in [3.63, 3.8) is 0 Å². The minimum Gasteiger partial charge on any atom is -0.496 e. The van der Waals surface area contributed by atoms with Gasteiger partial charge >= 0.3 is 0 Å². The van der Waals surface area contributed by atoms with Gasteiger partial charge in [-0.3, -0.25) is 0 Å². The molecular weight excluding hydrogens is 351 g/mol. The maximum Gasteiger partial charge on any atom is 0.126 e. The molecule has 0 bridgehead atoms. The molecule has 0 aliphatic carbocycles. The summed E-state index contributed by atoms with van der Waals surface area (Å²) in [6.07, 6.45) is 4.54. The first-order valence-electron chi connectivity index (χ1n) is 9.41. The van der Waals surface area contributed by atoms with Crippen molar-refractivity contribution in [3.05, 3.63) is 84.4 Å². The molecule has 1 unspecified atom stereocenters. The van der Waals surface area contributed by atoms with E-state index in [-0.39, 0.29) is 0 Å². The lowest BCUT2D eigenvalue weighted by atomic mass is 10.1. The molecule has 0 aromatic heterocycles. The Morgan fingerprint density at radius 1 is 0.667 bits per heavy atom. The summed E-state index contributed by atoms with van der Waals surface area (Å²) < 4.78 is 11.1. The van der Waals surface area contributed by atoms with Crippen LogP contribution in [0.15, 0.2) is 78.9 Å². The molecule has 0 radical (unpaired) electrons. The maximum atomic E-state index is 5.65. The Hall–Kier alpha value is -2.31. The van der Waals surface area contributed by atoms with Crippen LogP contribution in [0, 0.1) is 0 Å². The van der Waals surface area contributed by atoms with Gasteiger partial charge in [0.25, 0.3) is 0 Å². The van der Waals surface area contributed by atoms with E-state index in [0.29, 0.717) is 0 Å². The van der Waals surface area contributed by atoms with E-state index in [9.17, 15) is 0 Å².